The van der Waals surface area contributed by atoms with Gasteiger partial charge in [-0.2, -0.15) is 0 Å². The first-order valence-corrected chi connectivity index (χ1v) is 10.7. The van der Waals surface area contributed by atoms with Crippen LogP contribution in [-0.4, -0.2) is 36.4 Å². The molecule has 3 aromatic rings. The number of halogens is 1. The van der Waals surface area contributed by atoms with E-state index >= 15 is 4.39 Å². The molecule has 1 saturated heterocycles. The number of carbonyl (C=O) groups is 1. The van der Waals surface area contributed by atoms with Gasteiger partial charge in [0.2, 0.25) is 0 Å². The molecular weight excluding hydrogens is 407 g/mol. The lowest BCUT2D eigenvalue weighted by atomic mass is 9.97. The van der Waals surface area contributed by atoms with Crippen LogP contribution in [0.15, 0.2) is 60.8 Å². The Morgan fingerprint density at radius 3 is 2.41 bits per heavy atom. The molecule has 1 aromatic heterocycles. The zero-order chi connectivity index (χ0) is 22.7. The molecular formula is C26H27FN2O3. The van der Waals surface area contributed by atoms with E-state index in [1.165, 1.54) is 0 Å². The highest BCUT2D eigenvalue weighted by Crippen LogP contribution is 2.47. The second-order valence-corrected chi connectivity index (χ2v) is 8.10. The Morgan fingerprint density at radius 1 is 1.06 bits per heavy atom. The topological polar surface area (TPSA) is 51.7 Å². The van der Waals surface area contributed by atoms with Crippen LogP contribution in [0.1, 0.15) is 30.5 Å². The average molecular weight is 435 g/mol. The second kappa shape index (κ2) is 9.49. The molecule has 3 atom stereocenters. The molecule has 0 N–H and O–H groups in total. The highest BCUT2D eigenvalue weighted by molar-refractivity contribution is 5.62. The molecule has 1 fully saturated rings. The zero-order valence-corrected chi connectivity index (χ0v) is 18.5. The lowest BCUT2D eigenvalue weighted by Gasteiger charge is -2.30. The minimum Gasteiger partial charge on any atom is -0.496 e. The number of benzene rings is 2. The first-order chi connectivity index (χ1) is 15.6. The number of pyridine rings is 1. The maximum absolute atomic E-state index is 15.6. The van der Waals surface area contributed by atoms with E-state index < -0.39 is 0 Å². The van der Waals surface area contributed by atoms with Crippen molar-refractivity contribution in [2.45, 2.75) is 32.0 Å². The largest absolute Gasteiger partial charge is 0.496 e. The summed E-state index contributed by atoms with van der Waals surface area (Å²) in [6.45, 7) is 2.33. The summed E-state index contributed by atoms with van der Waals surface area (Å²) in [6.07, 6.45) is 3.35. The van der Waals surface area contributed by atoms with Crippen LogP contribution in [0.3, 0.4) is 0 Å². The Bertz CT molecular complexity index is 1070. The molecule has 32 heavy (non-hydrogen) atoms. The molecule has 0 aliphatic carbocycles. The van der Waals surface area contributed by atoms with Gasteiger partial charge in [0.05, 0.1) is 31.5 Å². The van der Waals surface area contributed by atoms with Crippen molar-refractivity contribution in [1.82, 2.24) is 9.88 Å². The van der Waals surface area contributed by atoms with Gasteiger partial charge >= 0.3 is 0 Å². The quantitative estimate of drug-likeness (QED) is 0.487. The van der Waals surface area contributed by atoms with Crippen LogP contribution in [0.5, 0.6) is 11.5 Å². The standard InChI is InChI=1S/C26H27FN2O3/c1-17-14-21(25-23(31-2)11-7-12-24(25)32-3)29(22(17)16-30)15-18-8-6-9-19(26(18)27)20-10-4-5-13-28-20/h4-13,16-17,21-22H,14-15H2,1-3H3. The van der Waals surface area contributed by atoms with Crippen molar-refractivity contribution in [3.8, 4) is 22.8 Å². The van der Waals surface area contributed by atoms with Crippen molar-refractivity contribution in [1.29, 1.82) is 0 Å². The zero-order valence-electron chi connectivity index (χ0n) is 18.5. The summed E-state index contributed by atoms with van der Waals surface area (Å²) >= 11 is 0. The molecule has 0 radical (unpaired) electrons. The molecule has 3 unspecified atom stereocenters. The van der Waals surface area contributed by atoms with Crippen molar-refractivity contribution in [2.24, 2.45) is 5.92 Å². The van der Waals surface area contributed by atoms with Crippen LogP contribution in [0.4, 0.5) is 4.39 Å². The smallest absolute Gasteiger partial charge is 0.137 e. The minimum atomic E-state index is -0.340. The first kappa shape index (κ1) is 22.0. The molecule has 0 saturated carbocycles. The first-order valence-electron chi connectivity index (χ1n) is 10.7. The van der Waals surface area contributed by atoms with Gasteiger partial charge in [0.25, 0.3) is 0 Å². The highest BCUT2D eigenvalue weighted by Gasteiger charge is 2.42. The fourth-order valence-corrected chi connectivity index (χ4v) is 4.70. The third-order valence-electron chi connectivity index (χ3n) is 6.27. The Kier molecular flexibility index (Phi) is 6.51. The number of ether oxygens (including phenoxy) is 2. The van der Waals surface area contributed by atoms with E-state index in [0.29, 0.717) is 28.3 Å². The number of hydrogen-bond donors (Lipinski definition) is 0. The van der Waals surface area contributed by atoms with Crippen LogP contribution < -0.4 is 9.47 Å². The predicted molar refractivity (Wildman–Crippen MR) is 121 cm³/mol. The number of carbonyl (C=O) groups excluding carboxylic acids is 1. The van der Waals surface area contributed by atoms with Crippen molar-refractivity contribution < 1.29 is 18.7 Å². The molecule has 1 aliphatic rings. The summed E-state index contributed by atoms with van der Waals surface area (Å²) in [5.41, 5.74) is 2.43. The molecule has 1 aliphatic heterocycles. The Morgan fingerprint density at radius 2 is 1.78 bits per heavy atom. The second-order valence-electron chi connectivity index (χ2n) is 8.10. The van der Waals surface area contributed by atoms with Crippen molar-refractivity contribution >= 4 is 6.29 Å². The van der Waals surface area contributed by atoms with E-state index in [1.54, 1.807) is 44.7 Å². The van der Waals surface area contributed by atoms with Gasteiger partial charge in [-0.1, -0.05) is 31.2 Å². The van der Waals surface area contributed by atoms with Crippen molar-refractivity contribution in [2.75, 3.05) is 14.2 Å². The fourth-order valence-electron chi connectivity index (χ4n) is 4.70. The van der Waals surface area contributed by atoms with Gasteiger partial charge < -0.3 is 14.3 Å². The SMILES string of the molecule is COc1cccc(OC)c1C1CC(C)C(C=O)N1Cc1cccc(-c2ccccn2)c1F. The van der Waals surface area contributed by atoms with Gasteiger partial charge in [0.1, 0.15) is 23.6 Å². The van der Waals surface area contributed by atoms with Crippen LogP contribution in [0, 0.1) is 11.7 Å². The number of likely N-dealkylation sites (tertiary alicyclic amines) is 1. The van der Waals surface area contributed by atoms with Gasteiger partial charge in [0, 0.05) is 29.9 Å². The van der Waals surface area contributed by atoms with E-state index in [9.17, 15) is 4.79 Å². The van der Waals surface area contributed by atoms with E-state index in [-0.39, 0.29) is 30.4 Å². The molecule has 4 rings (SSSR count). The summed E-state index contributed by atoms with van der Waals surface area (Å²) in [4.78, 5) is 18.4. The number of nitrogens with zero attached hydrogens (tertiary/aromatic N) is 2. The average Bonchev–Trinajstić information content (AvgIpc) is 3.14. The minimum absolute atomic E-state index is 0.106. The highest BCUT2D eigenvalue weighted by atomic mass is 19.1. The summed E-state index contributed by atoms with van der Waals surface area (Å²) in [7, 11) is 3.24. The molecule has 5 nitrogen and oxygen atoms in total. The Labute approximate surface area is 187 Å². The lowest BCUT2D eigenvalue weighted by Crippen LogP contribution is -2.35. The summed E-state index contributed by atoms with van der Waals surface area (Å²) in [5, 5.41) is 0. The monoisotopic (exact) mass is 434 g/mol. The van der Waals surface area contributed by atoms with Gasteiger partial charge in [0.15, 0.2) is 0 Å². The van der Waals surface area contributed by atoms with E-state index in [0.717, 1.165) is 18.3 Å². The summed E-state index contributed by atoms with van der Waals surface area (Å²) in [5.74, 6) is 1.18. The van der Waals surface area contributed by atoms with Crippen LogP contribution in [-0.2, 0) is 11.3 Å². The molecule has 0 spiro atoms. The normalized spacial score (nSPS) is 20.8. The maximum Gasteiger partial charge on any atom is 0.137 e. The van der Waals surface area contributed by atoms with E-state index in [1.807, 2.05) is 30.3 Å². The maximum atomic E-state index is 15.6. The third-order valence-corrected chi connectivity index (χ3v) is 6.27. The van der Waals surface area contributed by atoms with E-state index in [2.05, 4.69) is 16.8 Å². The molecule has 6 heteroatoms. The van der Waals surface area contributed by atoms with Crippen molar-refractivity contribution in [3.05, 3.63) is 77.7 Å². The van der Waals surface area contributed by atoms with Crippen LogP contribution in [0.2, 0.25) is 0 Å². The Balaban J connectivity index is 1.76. The molecule has 0 amide bonds. The lowest BCUT2D eigenvalue weighted by molar-refractivity contribution is -0.113. The number of aromatic nitrogens is 1. The van der Waals surface area contributed by atoms with Crippen LogP contribution >= 0.6 is 0 Å². The van der Waals surface area contributed by atoms with Crippen molar-refractivity contribution in [3.63, 3.8) is 0 Å². The molecule has 2 heterocycles. The number of aldehydes is 1. The predicted octanol–water partition coefficient (Wildman–Crippen LogP) is 5.06. The van der Waals surface area contributed by atoms with Gasteiger partial charge in [-0.15, -0.1) is 0 Å². The summed E-state index contributed by atoms with van der Waals surface area (Å²) in [6, 6.07) is 15.9. The number of methoxy groups -OCH3 is 2. The van der Waals surface area contributed by atoms with Gasteiger partial charge in [-0.05, 0) is 42.7 Å². The van der Waals surface area contributed by atoms with E-state index in [4.69, 9.17) is 9.47 Å². The van der Waals surface area contributed by atoms with Gasteiger partial charge in [-0.25, -0.2) is 4.39 Å². The van der Waals surface area contributed by atoms with Gasteiger partial charge in [-0.3, -0.25) is 9.88 Å². The number of rotatable bonds is 7. The molecule has 166 valence electrons. The third kappa shape index (κ3) is 3.98. The fraction of sp³-hybridized carbons (Fsp3) is 0.308. The summed E-state index contributed by atoms with van der Waals surface area (Å²) < 4.78 is 26.8. The Hall–Kier alpha value is -3.25. The van der Waals surface area contributed by atoms with Crippen LogP contribution in [0.25, 0.3) is 11.3 Å². The molecule has 0 bridgehead atoms. The number of hydrogen-bond acceptors (Lipinski definition) is 5. The molecule has 2 aromatic carbocycles.